The van der Waals surface area contributed by atoms with Crippen LogP contribution in [-0.4, -0.2) is 41.8 Å². The highest BCUT2D eigenvalue weighted by molar-refractivity contribution is 5.99. The number of aromatic nitrogens is 1. The molecule has 0 bridgehead atoms. The number of primary amides is 1. The molecular weight excluding hydrogens is 465 g/mol. The molecular formula is C22H22F5N3O4. The number of hydrogen-bond acceptors (Lipinski definition) is 5. The van der Waals surface area contributed by atoms with Crippen molar-refractivity contribution in [3.8, 4) is 5.75 Å². The Morgan fingerprint density at radius 2 is 1.88 bits per heavy atom. The maximum atomic E-state index is 14.4. The molecule has 1 saturated heterocycles. The van der Waals surface area contributed by atoms with Gasteiger partial charge in [0.25, 0.3) is 11.8 Å². The standard InChI is InChI=1S/C22H22F5N3O4/c1-9-13(7-8-29-16(9)19(28)31)30-20(32)18-14(10(2)21(3,34-18)22(25,26)27)11-5-6-12(23)15(24)17(11)33-4/h5-8,10,14,18H,1-4H3,(H2,28,31)(H,29,30,32)/t10-,14-,18+,21+/m1/s1. The monoisotopic (exact) mass is 487 g/mol. The summed E-state index contributed by atoms with van der Waals surface area (Å²) in [5.74, 6) is -7.92. The van der Waals surface area contributed by atoms with Crippen molar-refractivity contribution in [3.63, 3.8) is 0 Å². The summed E-state index contributed by atoms with van der Waals surface area (Å²) in [6.07, 6.45) is -5.47. The van der Waals surface area contributed by atoms with Crippen molar-refractivity contribution >= 4 is 17.5 Å². The molecule has 12 heteroatoms. The zero-order valence-electron chi connectivity index (χ0n) is 18.6. The highest BCUT2D eigenvalue weighted by Gasteiger charge is 2.65. The van der Waals surface area contributed by atoms with Gasteiger partial charge in [0, 0.05) is 34.8 Å². The van der Waals surface area contributed by atoms with E-state index in [1.54, 1.807) is 0 Å². The summed E-state index contributed by atoms with van der Waals surface area (Å²) in [5, 5.41) is 2.43. The average molecular weight is 487 g/mol. The molecule has 0 saturated carbocycles. The van der Waals surface area contributed by atoms with E-state index in [1.165, 1.54) is 26.1 Å². The Bertz CT molecular complexity index is 1140. The summed E-state index contributed by atoms with van der Waals surface area (Å²) in [6.45, 7) is 3.43. The van der Waals surface area contributed by atoms with Crippen LogP contribution in [0.4, 0.5) is 27.6 Å². The first-order chi connectivity index (χ1) is 15.7. The Balaban J connectivity index is 2.11. The Hall–Kier alpha value is -3.28. The van der Waals surface area contributed by atoms with E-state index in [9.17, 15) is 31.5 Å². The predicted molar refractivity (Wildman–Crippen MR) is 110 cm³/mol. The van der Waals surface area contributed by atoms with Crippen LogP contribution in [0.3, 0.4) is 0 Å². The minimum absolute atomic E-state index is 0.0710. The second kappa shape index (κ2) is 8.82. The fourth-order valence-corrected chi connectivity index (χ4v) is 4.16. The number of rotatable bonds is 5. The highest BCUT2D eigenvalue weighted by Crippen LogP contribution is 2.55. The Kier molecular flexibility index (Phi) is 6.57. The minimum Gasteiger partial charge on any atom is -0.493 e. The Morgan fingerprint density at radius 1 is 1.24 bits per heavy atom. The number of methoxy groups -OCH3 is 1. The first-order valence-electron chi connectivity index (χ1n) is 10.1. The van der Waals surface area contributed by atoms with Gasteiger partial charge in [-0.05, 0) is 26.0 Å². The summed E-state index contributed by atoms with van der Waals surface area (Å²) in [6, 6.07) is 3.13. The third kappa shape index (κ3) is 4.06. The van der Waals surface area contributed by atoms with Crippen LogP contribution in [-0.2, 0) is 9.53 Å². The lowest BCUT2D eigenvalue weighted by atomic mass is 9.77. The van der Waals surface area contributed by atoms with E-state index in [-0.39, 0.29) is 22.5 Å². The second-order valence-corrected chi connectivity index (χ2v) is 8.13. The smallest absolute Gasteiger partial charge is 0.417 e. The van der Waals surface area contributed by atoms with E-state index in [4.69, 9.17) is 15.2 Å². The van der Waals surface area contributed by atoms with Gasteiger partial charge < -0.3 is 20.5 Å². The van der Waals surface area contributed by atoms with Gasteiger partial charge in [-0.3, -0.25) is 14.6 Å². The third-order valence-corrected chi connectivity index (χ3v) is 6.27. The molecule has 0 radical (unpaired) electrons. The molecule has 3 N–H and O–H groups in total. The van der Waals surface area contributed by atoms with Crippen LogP contribution in [0.15, 0.2) is 24.4 Å². The van der Waals surface area contributed by atoms with Gasteiger partial charge in [0.1, 0.15) is 11.8 Å². The molecule has 34 heavy (non-hydrogen) atoms. The number of anilines is 1. The van der Waals surface area contributed by atoms with Crippen molar-refractivity contribution in [2.24, 2.45) is 11.7 Å². The largest absolute Gasteiger partial charge is 0.493 e. The summed E-state index contributed by atoms with van der Waals surface area (Å²) < 4.78 is 80.4. The topological polar surface area (TPSA) is 104 Å². The number of carbonyl (C=O) groups excluding carboxylic acids is 2. The first-order valence-corrected chi connectivity index (χ1v) is 10.1. The predicted octanol–water partition coefficient (Wildman–Crippen LogP) is 3.85. The van der Waals surface area contributed by atoms with Crippen LogP contribution < -0.4 is 15.8 Å². The summed E-state index contributed by atoms with van der Waals surface area (Å²) >= 11 is 0. The molecule has 1 aliphatic rings. The molecule has 0 unspecified atom stereocenters. The molecule has 184 valence electrons. The Morgan fingerprint density at radius 3 is 2.44 bits per heavy atom. The number of ether oxygens (including phenoxy) is 2. The van der Waals surface area contributed by atoms with Crippen LogP contribution in [0.2, 0.25) is 0 Å². The van der Waals surface area contributed by atoms with Crippen LogP contribution in [0.5, 0.6) is 5.75 Å². The zero-order valence-corrected chi connectivity index (χ0v) is 18.6. The van der Waals surface area contributed by atoms with Gasteiger partial charge in [0.2, 0.25) is 5.82 Å². The summed E-state index contributed by atoms with van der Waals surface area (Å²) in [4.78, 5) is 28.5. The summed E-state index contributed by atoms with van der Waals surface area (Å²) in [7, 11) is 1.03. The van der Waals surface area contributed by atoms with Crippen molar-refractivity contribution in [3.05, 3.63) is 52.9 Å². The second-order valence-electron chi connectivity index (χ2n) is 8.13. The summed E-state index contributed by atoms with van der Waals surface area (Å²) in [5.41, 5.74) is 2.42. The average Bonchev–Trinajstić information content (AvgIpc) is 3.03. The number of amides is 2. The van der Waals surface area contributed by atoms with E-state index in [0.717, 1.165) is 26.2 Å². The van der Waals surface area contributed by atoms with Gasteiger partial charge in [0.05, 0.1) is 7.11 Å². The number of alkyl halides is 3. The van der Waals surface area contributed by atoms with Gasteiger partial charge in [-0.25, -0.2) is 4.39 Å². The lowest BCUT2D eigenvalue weighted by molar-refractivity contribution is -0.272. The van der Waals surface area contributed by atoms with Crippen LogP contribution in [0, 0.1) is 24.5 Å². The molecule has 0 aliphatic carbocycles. The zero-order chi connectivity index (χ0) is 25.6. The van der Waals surface area contributed by atoms with Gasteiger partial charge in [-0.2, -0.15) is 17.6 Å². The lowest BCUT2D eigenvalue weighted by Gasteiger charge is -2.32. The van der Waals surface area contributed by atoms with Crippen LogP contribution in [0.25, 0.3) is 0 Å². The number of nitrogens with one attached hydrogen (secondary N) is 1. The molecule has 2 amide bonds. The molecule has 0 spiro atoms. The SMILES string of the molecule is COc1c([C@@H]2[C@@H](C(=O)Nc3ccnc(C(N)=O)c3C)O[C@](C)(C(F)(F)F)[C@@H]2C)ccc(F)c1F. The van der Waals surface area contributed by atoms with Crippen LogP contribution in [0.1, 0.15) is 41.4 Å². The van der Waals surface area contributed by atoms with E-state index in [2.05, 4.69) is 10.3 Å². The minimum atomic E-state index is -4.89. The van der Waals surface area contributed by atoms with Gasteiger partial charge in [-0.15, -0.1) is 0 Å². The molecule has 1 aromatic heterocycles. The van der Waals surface area contributed by atoms with Gasteiger partial charge in [-0.1, -0.05) is 13.0 Å². The van der Waals surface area contributed by atoms with Crippen molar-refractivity contribution in [1.29, 1.82) is 0 Å². The van der Waals surface area contributed by atoms with Crippen molar-refractivity contribution in [2.75, 3.05) is 12.4 Å². The van der Waals surface area contributed by atoms with Crippen molar-refractivity contribution < 1.29 is 41.0 Å². The molecule has 2 aromatic rings. The fraction of sp³-hybridized carbons (Fsp3) is 0.409. The number of nitrogens with zero attached hydrogens (tertiary/aromatic N) is 1. The third-order valence-electron chi connectivity index (χ3n) is 6.27. The fourth-order valence-electron chi connectivity index (χ4n) is 4.16. The van der Waals surface area contributed by atoms with Crippen molar-refractivity contribution in [1.82, 2.24) is 4.98 Å². The Labute approximate surface area is 191 Å². The quantitative estimate of drug-likeness (QED) is 0.624. The van der Waals surface area contributed by atoms with Gasteiger partial charge in [0.15, 0.2) is 17.2 Å². The number of halogens is 5. The first kappa shape index (κ1) is 25.3. The van der Waals surface area contributed by atoms with Crippen LogP contribution >= 0.6 is 0 Å². The molecule has 3 rings (SSSR count). The molecule has 7 nitrogen and oxygen atoms in total. The molecule has 2 heterocycles. The molecule has 4 atom stereocenters. The van der Waals surface area contributed by atoms with E-state index in [0.29, 0.717) is 0 Å². The normalized spacial score (nSPS) is 24.7. The number of hydrogen-bond donors (Lipinski definition) is 2. The van der Waals surface area contributed by atoms with Gasteiger partial charge >= 0.3 is 6.18 Å². The maximum absolute atomic E-state index is 14.4. The highest BCUT2D eigenvalue weighted by atomic mass is 19.4. The lowest BCUT2D eigenvalue weighted by Crippen LogP contribution is -2.47. The van der Waals surface area contributed by atoms with E-state index >= 15 is 0 Å². The number of benzene rings is 1. The molecule has 1 aliphatic heterocycles. The van der Waals surface area contributed by atoms with E-state index < -0.39 is 58.9 Å². The number of carbonyl (C=O) groups is 2. The molecule has 1 aromatic carbocycles. The maximum Gasteiger partial charge on any atom is 0.417 e. The van der Waals surface area contributed by atoms with E-state index in [1.807, 2.05) is 0 Å². The number of pyridine rings is 1. The molecule has 1 fully saturated rings. The number of nitrogens with two attached hydrogens (primary N) is 1. The van der Waals surface area contributed by atoms with Crippen molar-refractivity contribution in [2.45, 2.75) is 44.6 Å².